The number of thiophene rings is 1. The zero-order valence-corrected chi connectivity index (χ0v) is 26.3. The van der Waals surface area contributed by atoms with Gasteiger partial charge in [-0.3, -0.25) is 4.18 Å². The monoisotopic (exact) mass is 664 g/mol. The van der Waals surface area contributed by atoms with Crippen molar-refractivity contribution in [2.45, 2.75) is 44.6 Å². The number of aryl methyl sites for hydroxylation is 2. The van der Waals surface area contributed by atoms with Crippen LogP contribution < -0.4 is 4.13 Å². The molecule has 17 heteroatoms. The summed E-state index contributed by atoms with van der Waals surface area (Å²) in [4.78, 5) is -0.478. The topological polar surface area (TPSA) is 170 Å². The molecule has 4 rings (SSSR count). The Morgan fingerprint density at radius 1 is 0.902 bits per heavy atom. The maximum Gasteiger partial charge on any atom is 0.297 e. The van der Waals surface area contributed by atoms with E-state index in [9.17, 15) is 33.7 Å². The molecule has 0 spiro atoms. The molecule has 0 fully saturated rings. The third-order valence-electron chi connectivity index (χ3n) is 6.12. The van der Waals surface area contributed by atoms with Crippen LogP contribution in [0.4, 0.5) is 0 Å². The second-order valence-electron chi connectivity index (χ2n) is 9.27. The summed E-state index contributed by atoms with van der Waals surface area (Å²) in [6.07, 6.45) is -1.13. The van der Waals surface area contributed by atoms with Gasteiger partial charge in [0.15, 0.2) is 0 Å². The third-order valence-corrected chi connectivity index (χ3v) is 15.0. The highest BCUT2D eigenvalue weighted by atomic mass is 32.3. The molecule has 3 aromatic rings. The van der Waals surface area contributed by atoms with Crippen LogP contribution in [0, 0.1) is 13.8 Å². The van der Waals surface area contributed by atoms with Gasteiger partial charge in [-0.2, -0.15) is 12.7 Å². The van der Waals surface area contributed by atoms with Gasteiger partial charge in [-0.1, -0.05) is 39.5 Å². The average molecular weight is 665 g/mol. The number of methoxy groups -OCH3 is 1. The molecule has 0 unspecified atom stereocenters. The fourth-order valence-corrected chi connectivity index (χ4v) is 11.9. The van der Waals surface area contributed by atoms with Crippen molar-refractivity contribution >= 4 is 51.5 Å². The lowest BCUT2D eigenvalue weighted by molar-refractivity contribution is 0.154. The van der Waals surface area contributed by atoms with Gasteiger partial charge in [0.05, 0.1) is 9.79 Å². The van der Waals surface area contributed by atoms with E-state index in [-0.39, 0.29) is 34.9 Å². The molecule has 1 aliphatic heterocycles. The Morgan fingerprint density at radius 2 is 1.46 bits per heavy atom. The molecule has 0 bridgehead atoms. The molecule has 1 N–H and O–H groups in total. The van der Waals surface area contributed by atoms with E-state index in [1.165, 1.54) is 43.5 Å². The lowest BCUT2D eigenvalue weighted by Gasteiger charge is -2.31. The number of nitrogens with one attached hydrogen (secondary N) is 1. The molecular weight excluding hydrogens is 637 g/mol. The van der Waals surface area contributed by atoms with Crippen LogP contribution in [-0.2, 0) is 49.1 Å². The molecule has 0 amide bonds. The van der Waals surface area contributed by atoms with Crippen molar-refractivity contribution in [3.8, 4) is 0 Å². The van der Waals surface area contributed by atoms with E-state index in [4.69, 9.17) is 8.92 Å². The van der Waals surface area contributed by atoms with Gasteiger partial charge in [0.2, 0.25) is 0 Å². The van der Waals surface area contributed by atoms with Gasteiger partial charge in [-0.15, -0.1) is 11.3 Å². The number of sulfonamides is 3. The van der Waals surface area contributed by atoms with Crippen LogP contribution in [-0.4, -0.2) is 64.8 Å². The van der Waals surface area contributed by atoms with E-state index in [2.05, 4.69) is 0 Å². The Bertz CT molecular complexity index is 1850. The molecule has 2 heterocycles. The van der Waals surface area contributed by atoms with Crippen LogP contribution in [0.1, 0.15) is 29.2 Å². The molecule has 0 radical (unpaired) electrons. The van der Waals surface area contributed by atoms with Gasteiger partial charge in [0.1, 0.15) is 14.5 Å². The zero-order chi connectivity index (χ0) is 30.2. The zero-order valence-electron chi connectivity index (χ0n) is 22.2. The quantitative estimate of drug-likeness (QED) is 0.237. The van der Waals surface area contributed by atoms with E-state index >= 15 is 0 Å². The smallest absolute Gasteiger partial charge is 0.297 e. The van der Waals surface area contributed by atoms with E-state index < -0.39 is 61.3 Å². The van der Waals surface area contributed by atoms with Crippen LogP contribution in [0.5, 0.6) is 0 Å². The van der Waals surface area contributed by atoms with Crippen molar-refractivity contribution in [2.75, 3.05) is 26.8 Å². The van der Waals surface area contributed by atoms with Gasteiger partial charge in [0, 0.05) is 32.4 Å². The highest BCUT2D eigenvalue weighted by Crippen LogP contribution is 2.43. The minimum atomic E-state index is -4.81. The van der Waals surface area contributed by atoms with Crippen molar-refractivity contribution < 1.29 is 42.6 Å². The minimum Gasteiger partial charge on any atom is -0.385 e. The molecule has 41 heavy (non-hydrogen) atoms. The van der Waals surface area contributed by atoms with Gasteiger partial charge in [-0.25, -0.2) is 25.3 Å². The van der Waals surface area contributed by atoms with Crippen LogP contribution in [0.15, 0.2) is 72.8 Å². The molecule has 1 atom stereocenters. The predicted molar refractivity (Wildman–Crippen MR) is 150 cm³/mol. The number of nitrogens with zero attached hydrogens (tertiary/aromatic N) is 1. The Kier molecular flexibility index (Phi) is 9.14. The van der Waals surface area contributed by atoms with Crippen LogP contribution in [0.25, 0.3) is 0 Å². The molecule has 0 saturated carbocycles. The summed E-state index contributed by atoms with van der Waals surface area (Å²) in [5.74, 6) is 0. The van der Waals surface area contributed by atoms with E-state index in [1.54, 1.807) is 30.1 Å². The number of hydrogen-bond acceptors (Lipinski definition) is 11. The fraction of sp³-hybridized carbons (Fsp3) is 0.333. The summed E-state index contributed by atoms with van der Waals surface area (Å²) >= 11 is 0.307. The average Bonchev–Trinajstić information content (AvgIpc) is 3.35. The van der Waals surface area contributed by atoms with Crippen molar-refractivity contribution in [2.24, 2.45) is 0 Å². The lowest BCUT2D eigenvalue weighted by Crippen LogP contribution is -2.41. The molecule has 0 aliphatic carbocycles. The molecular formula is C24H28N2O10S5. The minimum absolute atomic E-state index is 0.0555. The fourth-order valence-electron chi connectivity index (χ4n) is 3.97. The van der Waals surface area contributed by atoms with Crippen LogP contribution >= 0.6 is 11.3 Å². The molecule has 1 aliphatic rings. The Morgan fingerprint density at radius 3 is 2.02 bits per heavy atom. The summed E-state index contributed by atoms with van der Waals surface area (Å²) in [7, 11) is -16.6. The molecule has 224 valence electrons. The largest absolute Gasteiger partial charge is 0.385 e. The second-order valence-corrected chi connectivity index (χ2v) is 17.9. The first-order valence-electron chi connectivity index (χ1n) is 12.0. The number of hydrogen-bond donors (Lipinski definition) is 1. The number of fused-ring (bicyclic) bond motifs is 1. The molecule has 2 aromatic carbocycles. The lowest BCUT2D eigenvalue weighted by atomic mass is 10.2. The Labute approximate surface area is 244 Å². The van der Waals surface area contributed by atoms with E-state index in [0.29, 0.717) is 11.3 Å². The van der Waals surface area contributed by atoms with Crippen molar-refractivity contribution in [3.63, 3.8) is 0 Å². The SMILES string of the molecule is COCCCN1C[C@@H](OS(=O)(=O)c2ccc(C)cc2)c2cc(S(=O)(=O)NS(=O)(=O)c3ccc(C)cc3)sc2S1(=O)=O. The predicted octanol–water partition coefficient (Wildman–Crippen LogP) is 2.52. The van der Waals surface area contributed by atoms with Crippen molar-refractivity contribution in [3.05, 3.63) is 71.3 Å². The highest BCUT2D eigenvalue weighted by Gasteiger charge is 2.43. The van der Waals surface area contributed by atoms with E-state index in [1.807, 2.05) is 0 Å². The first-order valence-corrected chi connectivity index (χ1v) is 18.7. The third kappa shape index (κ3) is 6.89. The molecule has 0 saturated heterocycles. The van der Waals surface area contributed by atoms with Gasteiger partial charge >= 0.3 is 0 Å². The number of rotatable bonds is 11. The van der Waals surface area contributed by atoms with Crippen molar-refractivity contribution in [1.82, 2.24) is 8.43 Å². The summed E-state index contributed by atoms with van der Waals surface area (Å²) in [5.41, 5.74) is 1.35. The summed E-state index contributed by atoms with van der Waals surface area (Å²) in [5, 5.41) is 0. The van der Waals surface area contributed by atoms with Gasteiger partial charge in [0.25, 0.3) is 40.2 Å². The molecule has 1 aromatic heterocycles. The number of ether oxygens (including phenoxy) is 1. The maximum atomic E-state index is 13.5. The van der Waals surface area contributed by atoms with Gasteiger partial charge < -0.3 is 4.74 Å². The maximum absolute atomic E-state index is 13.5. The van der Waals surface area contributed by atoms with Crippen LogP contribution in [0.3, 0.4) is 0 Å². The van der Waals surface area contributed by atoms with Crippen LogP contribution in [0.2, 0.25) is 0 Å². The normalized spacial score (nSPS) is 17.8. The standard InChI is InChI=1S/C24H28N2O10S5/c1-17-5-9-19(10-6-17)38(27,28)25-39(29,30)23-15-21-22(36-41(33,34)20-11-7-18(2)8-12-20)16-26(13-4-14-35-3)40(31,32)24(21)37-23/h5-12,15,22,25H,4,13-14,16H2,1-3H3/t22-/m1/s1. The highest BCUT2D eigenvalue weighted by molar-refractivity contribution is 8.05. The van der Waals surface area contributed by atoms with E-state index in [0.717, 1.165) is 21.5 Å². The number of benzene rings is 2. The first kappa shape index (κ1) is 31.7. The van der Waals surface area contributed by atoms with Gasteiger partial charge in [-0.05, 0) is 50.6 Å². The summed E-state index contributed by atoms with van der Waals surface area (Å²) in [6, 6.07) is 12.2. The molecule has 12 nitrogen and oxygen atoms in total. The summed E-state index contributed by atoms with van der Waals surface area (Å²) < 4.78 is 117. The second kappa shape index (κ2) is 11.8. The Hall–Kier alpha value is -2.22. The summed E-state index contributed by atoms with van der Waals surface area (Å²) in [6.45, 7) is 3.24. The Balaban J connectivity index is 1.75. The van der Waals surface area contributed by atoms with Crippen molar-refractivity contribution in [1.29, 1.82) is 0 Å². The first-order chi connectivity index (χ1) is 19.1.